The van der Waals surface area contributed by atoms with Gasteiger partial charge in [0.1, 0.15) is 11.4 Å². The fraction of sp³-hybridized carbons (Fsp3) is 0.250. The van der Waals surface area contributed by atoms with Crippen LogP contribution in [0, 0.1) is 11.3 Å². The summed E-state index contributed by atoms with van der Waals surface area (Å²) in [7, 11) is 0. The van der Waals surface area contributed by atoms with E-state index in [0.717, 1.165) is 0 Å². The number of nitrogens with one attached hydrogen (secondary N) is 1. The van der Waals surface area contributed by atoms with Crippen LogP contribution in [0.4, 0.5) is 13.2 Å². The summed E-state index contributed by atoms with van der Waals surface area (Å²) in [4.78, 5) is 23.9. The average molecular weight is 403 g/mol. The van der Waals surface area contributed by atoms with E-state index >= 15 is 0 Å². The number of carbonyl (C=O) groups excluding carboxylic acids is 1. The van der Waals surface area contributed by atoms with Gasteiger partial charge in [0.05, 0.1) is 17.3 Å². The van der Waals surface area contributed by atoms with Crippen molar-refractivity contribution in [1.29, 1.82) is 5.26 Å². The molecule has 0 saturated carbocycles. The predicted molar refractivity (Wildman–Crippen MR) is 97.9 cm³/mol. The summed E-state index contributed by atoms with van der Waals surface area (Å²) in [6.45, 7) is 2.74. The molecule has 9 heteroatoms. The van der Waals surface area contributed by atoms with Crippen molar-refractivity contribution < 1.29 is 22.7 Å². The summed E-state index contributed by atoms with van der Waals surface area (Å²) in [5.41, 5.74) is -0.384. The molecule has 1 N–H and O–H groups in total. The van der Waals surface area contributed by atoms with Gasteiger partial charge < -0.3 is 10.1 Å². The van der Waals surface area contributed by atoms with Crippen LogP contribution in [0.2, 0.25) is 0 Å². The van der Waals surface area contributed by atoms with Crippen molar-refractivity contribution in [2.24, 2.45) is 0 Å². The number of rotatable bonds is 3. The Morgan fingerprint density at radius 2 is 2.00 bits per heavy atom. The van der Waals surface area contributed by atoms with E-state index in [-0.39, 0.29) is 16.8 Å². The molecule has 1 aliphatic rings. The van der Waals surface area contributed by atoms with Gasteiger partial charge in [-0.2, -0.15) is 18.4 Å². The van der Waals surface area contributed by atoms with Gasteiger partial charge >= 0.3 is 12.1 Å². The second-order valence-electron chi connectivity index (χ2n) is 6.85. The fourth-order valence-corrected chi connectivity index (χ4v) is 3.11. The van der Waals surface area contributed by atoms with Crippen molar-refractivity contribution >= 4 is 11.6 Å². The lowest BCUT2D eigenvalue weighted by Gasteiger charge is -2.37. The maximum absolute atomic E-state index is 12.7. The van der Waals surface area contributed by atoms with Crippen LogP contribution >= 0.6 is 0 Å². The van der Waals surface area contributed by atoms with Crippen molar-refractivity contribution in [1.82, 2.24) is 9.88 Å². The lowest BCUT2D eigenvalue weighted by molar-refractivity contribution is -0.173. The Hall–Kier alpha value is -3.54. The van der Waals surface area contributed by atoms with E-state index < -0.39 is 29.8 Å². The third-order valence-corrected chi connectivity index (χ3v) is 4.49. The molecule has 0 saturated heterocycles. The quantitative estimate of drug-likeness (QED) is 0.854. The third kappa shape index (κ3) is 3.87. The second kappa shape index (κ2) is 7.13. The molecule has 6 nitrogen and oxygen atoms in total. The maximum atomic E-state index is 12.7. The van der Waals surface area contributed by atoms with Gasteiger partial charge in [0.15, 0.2) is 0 Å². The van der Waals surface area contributed by atoms with Crippen LogP contribution in [0.3, 0.4) is 0 Å². The molecular weight excluding hydrogens is 387 g/mol. The Labute approximate surface area is 163 Å². The summed E-state index contributed by atoms with van der Waals surface area (Å²) in [5, 5.41) is 11.1. The molecule has 29 heavy (non-hydrogen) atoms. The molecule has 0 bridgehead atoms. The molecule has 0 unspecified atom stereocenters. The maximum Gasteiger partial charge on any atom is 0.471 e. The lowest BCUT2D eigenvalue weighted by Crippen LogP contribution is -2.45. The molecule has 0 radical (unpaired) electrons. The number of alkyl halides is 3. The topological polar surface area (TPSA) is 84.1 Å². The van der Waals surface area contributed by atoms with Crippen LogP contribution in [0.5, 0.6) is 5.75 Å². The molecule has 0 atom stereocenters. The minimum Gasteiger partial charge on any atom is -0.483 e. The van der Waals surface area contributed by atoms with Gasteiger partial charge in [-0.05, 0) is 38.1 Å². The molecule has 1 amide bonds. The van der Waals surface area contributed by atoms with Gasteiger partial charge in [-0.1, -0.05) is 6.07 Å². The first kappa shape index (κ1) is 20.2. The van der Waals surface area contributed by atoms with Crippen molar-refractivity contribution in [3.8, 4) is 11.8 Å². The molecule has 0 spiro atoms. The summed E-state index contributed by atoms with van der Waals surface area (Å²) in [6, 6.07) is 11.0. The van der Waals surface area contributed by atoms with E-state index in [2.05, 4.69) is 0 Å². The smallest absolute Gasteiger partial charge is 0.471 e. The number of fused-ring (bicyclic) bond motifs is 1. The van der Waals surface area contributed by atoms with Crippen molar-refractivity contribution in [2.45, 2.75) is 25.6 Å². The summed E-state index contributed by atoms with van der Waals surface area (Å²) in [5.74, 6) is -1.73. The van der Waals surface area contributed by atoms with Gasteiger partial charge in [-0.15, -0.1) is 0 Å². The van der Waals surface area contributed by atoms with Gasteiger partial charge in [0.25, 0.3) is 5.56 Å². The predicted octanol–water partition coefficient (Wildman–Crippen LogP) is 2.83. The third-order valence-electron chi connectivity index (χ3n) is 4.49. The van der Waals surface area contributed by atoms with E-state index in [4.69, 9.17) is 4.74 Å². The molecule has 2 heterocycles. The standard InChI is InChI=1S/C20H16F3N3O3/c1-19(2)14(11-25-18(28)20(21,22)23)17(26-8-4-3-5-16(26)27)13-9-12(10-24)6-7-15(13)29-19/h3-9H,11H2,1-2H3,(H,25,28). The monoisotopic (exact) mass is 403 g/mol. The van der Waals surface area contributed by atoms with Crippen molar-refractivity contribution in [2.75, 3.05) is 6.54 Å². The van der Waals surface area contributed by atoms with Crippen LogP contribution < -0.4 is 15.6 Å². The van der Waals surface area contributed by atoms with E-state index in [1.54, 1.807) is 26.0 Å². The second-order valence-corrected chi connectivity index (χ2v) is 6.85. The highest BCUT2D eigenvalue weighted by molar-refractivity contribution is 5.83. The zero-order valence-corrected chi connectivity index (χ0v) is 15.5. The Bertz CT molecular complexity index is 1110. The van der Waals surface area contributed by atoms with Crippen LogP contribution in [0.1, 0.15) is 25.0 Å². The van der Waals surface area contributed by atoms with Crippen LogP contribution in [0.15, 0.2) is 53.0 Å². The molecular formula is C20H16F3N3O3. The Morgan fingerprint density at radius 1 is 1.28 bits per heavy atom. The largest absolute Gasteiger partial charge is 0.483 e. The first-order chi connectivity index (χ1) is 13.5. The Kier molecular flexibility index (Phi) is 4.96. The summed E-state index contributed by atoms with van der Waals surface area (Å²) >= 11 is 0. The number of nitriles is 1. The Balaban J connectivity index is 2.25. The van der Waals surface area contributed by atoms with Crippen molar-refractivity contribution in [3.63, 3.8) is 0 Å². The molecule has 2 aromatic rings. The van der Waals surface area contributed by atoms with Gasteiger partial charge in [0.2, 0.25) is 0 Å². The number of benzene rings is 1. The number of hydrogen-bond acceptors (Lipinski definition) is 4. The van der Waals surface area contributed by atoms with E-state index in [9.17, 15) is 28.0 Å². The molecule has 150 valence electrons. The zero-order valence-electron chi connectivity index (χ0n) is 15.5. The molecule has 1 aromatic heterocycles. The number of halogens is 3. The van der Waals surface area contributed by atoms with Gasteiger partial charge in [-0.3, -0.25) is 14.2 Å². The minimum absolute atomic E-state index is 0.256. The highest BCUT2D eigenvalue weighted by Gasteiger charge is 2.41. The van der Waals surface area contributed by atoms with Crippen molar-refractivity contribution in [3.05, 3.63) is 69.6 Å². The SMILES string of the molecule is CC1(C)Oc2ccc(C#N)cc2C(n2ccccc2=O)=C1CNC(=O)C(F)(F)F. The molecule has 0 fully saturated rings. The Morgan fingerprint density at radius 3 is 2.62 bits per heavy atom. The summed E-state index contributed by atoms with van der Waals surface area (Å²) < 4.78 is 45.2. The number of carbonyl (C=O) groups is 1. The number of amides is 1. The van der Waals surface area contributed by atoms with E-state index in [0.29, 0.717) is 11.3 Å². The fourth-order valence-electron chi connectivity index (χ4n) is 3.11. The highest BCUT2D eigenvalue weighted by Crippen LogP contribution is 2.41. The first-order valence-electron chi connectivity index (χ1n) is 8.55. The first-order valence-corrected chi connectivity index (χ1v) is 8.55. The number of hydrogen-bond donors (Lipinski definition) is 1. The van der Waals surface area contributed by atoms with Crippen LogP contribution in [-0.4, -0.2) is 28.8 Å². The molecule has 0 aliphatic carbocycles. The number of pyridine rings is 1. The average Bonchev–Trinajstić information content (AvgIpc) is 2.64. The van der Waals surface area contributed by atoms with E-state index in [1.165, 1.54) is 35.0 Å². The van der Waals surface area contributed by atoms with E-state index in [1.807, 2.05) is 11.4 Å². The van der Waals surface area contributed by atoms with Gasteiger partial charge in [0, 0.05) is 29.9 Å². The molecule has 1 aromatic carbocycles. The lowest BCUT2D eigenvalue weighted by atomic mass is 9.88. The number of aromatic nitrogens is 1. The van der Waals surface area contributed by atoms with Gasteiger partial charge in [-0.25, -0.2) is 0 Å². The summed E-state index contributed by atoms with van der Waals surface area (Å²) in [6.07, 6.45) is -3.58. The van der Waals surface area contributed by atoms with Crippen LogP contribution in [0.25, 0.3) is 5.70 Å². The number of nitrogens with zero attached hydrogens (tertiary/aromatic N) is 2. The molecule has 1 aliphatic heterocycles. The highest BCUT2D eigenvalue weighted by atomic mass is 19.4. The van der Waals surface area contributed by atoms with Crippen LogP contribution in [-0.2, 0) is 4.79 Å². The zero-order chi connectivity index (χ0) is 21.4. The molecule has 3 rings (SSSR count). The minimum atomic E-state index is -5.05. The normalized spacial score (nSPS) is 15.2. The number of ether oxygens (including phenoxy) is 1.